The molecule has 0 aliphatic rings. The van der Waals surface area contributed by atoms with E-state index < -0.39 is 0 Å². The van der Waals surface area contributed by atoms with Crippen molar-refractivity contribution in [1.82, 2.24) is 0 Å². The number of halogens is 1. The van der Waals surface area contributed by atoms with Crippen LogP contribution in [0.3, 0.4) is 0 Å². The highest BCUT2D eigenvalue weighted by Gasteiger charge is 1.99. The summed E-state index contributed by atoms with van der Waals surface area (Å²) in [4.78, 5) is 0. The van der Waals surface area contributed by atoms with Crippen molar-refractivity contribution >= 4 is 17.3 Å². The van der Waals surface area contributed by atoms with Crippen LogP contribution in [0.5, 0.6) is 11.5 Å². The predicted molar refractivity (Wildman–Crippen MR) is 78.0 cm³/mol. The van der Waals surface area contributed by atoms with Gasteiger partial charge in [0.1, 0.15) is 24.7 Å². The van der Waals surface area contributed by atoms with Gasteiger partial charge in [-0.25, -0.2) is 0 Å². The molecule has 0 radical (unpaired) electrons. The van der Waals surface area contributed by atoms with E-state index in [1.54, 1.807) is 18.2 Å². The number of benzene rings is 2. The second-order valence-corrected chi connectivity index (χ2v) is 4.60. The molecule has 0 aromatic heterocycles. The Hall–Kier alpha value is -1.87. The summed E-state index contributed by atoms with van der Waals surface area (Å²) in [5.41, 5.74) is 7.37. The first kappa shape index (κ1) is 13.6. The van der Waals surface area contributed by atoms with Gasteiger partial charge in [0, 0.05) is 6.07 Å². The van der Waals surface area contributed by atoms with Crippen molar-refractivity contribution in [2.24, 2.45) is 0 Å². The lowest BCUT2D eigenvalue weighted by Crippen LogP contribution is -2.09. The number of anilines is 1. The highest BCUT2D eigenvalue weighted by Crippen LogP contribution is 2.23. The fourth-order valence-corrected chi connectivity index (χ4v) is 1.75. The van der Waals surface area contributed by atoms with Gasteiger partial charge < -0.3 is 15.2 Å². The van der Waals surface area contributed by atoms with Gasteiger partial charge in [-0.15, -0.1) is 0 Å². The molecule has 0 aliphatic carbocycles. The SMILES string of the molecule is Cc1cccc(OCCOc2ccc(Cl)c(N)c2)c1. The summed E-state index contributed by atoms with van der Waals surface area (Å²) >= 11 is 5.83. The van der Waals surface area contributed by atoms with Crippen molar-refractivity contribution in [3.63, 3.8) is 0 Å². The molecule has 0 heterocycles. The highest BCUT2D eigenvalue weighted by atomic mass is 35.5. The molecule has 0 saturated heterocycles. The zero-order chi connectivity index (χ0) is 13.7. The zero-order valence-corrected chi connectivity index (χ0v) is 11.5. The Morgan fingerprint density at radius 1 is 1.00 bits per heavy atom. The number of ether oxygens (including phenoxy) is 2. The Morgan fingerprint density at radius 2 is 1.68 bits per heavy atom. The predicted octanol–water partition coefficient (Wildman–Crippen LogP) is 3.69. The monoisotopic (exact) mass is 277 g/mol. The molecule has 0 saturated carbocycles. The molecular formula is C15H16ClNO2. The van der Waals surface area contributed by atoms with Crippen LogP contribution in [0.2, 0.25) is 5.02 Å². The maximum absolute atomic E-state index is 5.83. The summed E-state index contributed by atoms with van der Waals surface area (Å²) in [6.45, 7) is 2.96. The van der Waals surface area contributed by atoms with E-state index in [1.165, 1.54) is 5.56 Å². The van der Waals surface area contributed by atoms with E-state index >= 15 is 0 Å². The zero-order valence-electron chi connectivity index (χ0n) is 10.7. The Morgan fingerprint density at radius 3 is 2.32 bits per heavy atom. The van der Waals surface area contributed by atoms with Gasteiger partial charge >= 0.3 is 0 Å². The second kappa shape index (κ2) is 6.34. The smallest absolute Gasteiger partial charge is 0.122 e. The average molecular weight is 278 g/mol. The lowest BCUT2D eigenvalue weighted by Gasteiger charge is -2.09. The molecule has 0 bridgehead atoms. The van der Waals surface area contributed by atoms with E-state index in [4.69, 9.17) is 26.8 Å². The molecule has 19 heavy (non-hydrogen) atoms. The molecule has 0 atom stereocenters. The molecule has 2 N–H and O–H groups in total. The van der Waals surface area contributed by atoms with Crippen molar-refractivity contribution in [2.45, 2.75) is 6.92 Å². The van der Waals surface area contributed by atoms with Gasteiger partial charge in [-0.05, 0) is 36.8 Å². The third-order valence-electron chi connectivity index (χ3n) is 2.58. The van der Waals surface area contributed by atoms with Gasteiger partial charge in [-0.1, -0.05) is 23.7 Å². The molecule has 0 spiro atoms. The molecule has 100 valence electrons. The molecule has 0 amide bonds. The normalized spacial score (nSPS) is 10.2. The lowest BCUT2D eigenvalue weighted by molar-refractivity contribution is 0.217. The molecular weight excluding hydrogens is 262 g/mol. The van der Waals surface area contributed by atoms with E-state index in [-0.39, 0.29) is 0 Å². The van der Waals surface area contributed by atoms with Crippen molar-refractivity contribution in [3.05, 3.63) is 53.1 Å². The van der Waals surface area contributed by atoms with E-state index in [9.17, 15) is 0 Å². The summed E-state index contributed by atoms with van der Waals surface area (Å²) in [5, 5.41) is 0.531. The van der Waals surface area contributed by atoms with Crippen molar-refractivity contribution in [1.29, 1.82) is 0 Å². The fraction of sp³-hybridized carbons (Fsp3) is 0.200. The minimum absolute atomic E-state index is 0.453. The quantitative estimate of drug-likeness (QED) is 0.670. The van der Waals surface area contributed by atoms with Crippen molar-refractivity contribution in [2.75, 3.05) is 18.9 Å². The summed E-state index contributed by atoms with van der Waals surface area (Å²) in [6.07, 6.45) is 0. The van der Waals surface area contributed by atoms with Crippen molar-refractivity contribution < 1.29 is 9.47 Å². The number of rotatable bonds is 5. The maximum Gasteiger partial charge on any atom is 0.122 e. The molecule has 0 fully saturated rings. The van der Waals surface area contributed by atoms with Crippen LogP contribution >= 0.6 is 11.6 Å². The van der Waals surface area contributed by atoms with Crippen LogP contribution in [0.25, 0.3) is 0 Å². The van der Waals surface area contributed by atoms with Gasteiger partial charge in [0.05, 0.1) is 10.7 Å². The number of nitrogens with two attached hydrogens (primary N) is 1. The lowest BCUT2D eigenvalue weighted by atomic mass is 10.2. The standard InChI is InChI=1S/C15H16ClNO2/c1-11-3-2-4-12(9-11)18-7-8-19-13-5-6-14(16)15(17)10-13/h2-6,9-10H,7-8,17H2,1H3. The molecule has 2 aromatic rings. The Balaban J connectivity index is 1.79. The highest BCUT2D eigenvalue weighted by molar-refractivity contribution is 6.33. The van der Waals surface area contributed by atoms with Crippen LogP contribution in [0.4, 0.5) is 5.69 Å². The van der Waals surface area contributed by atoms with E-state index in [1.807, 2.05) is 31.2 Å². The summed E-state index contributed by atoms with van der Waals surface area (Å²) < 4.78 is 11.1. The van der Waals surface area contributed by atoms with Crippen LogP contribution < -0.4 is 15.2 Å². The maximum atomic E-state index is 5.83. The van der Waals surface area contributed by atoms with Crippen LogP contribution in [0.1, 0.15) is 5.56 Å². The molecule has 0 unspecified atom stereocenters. The Kier molecular flexibility index (Phi) is 4.53. The van der Waals surface area contributed by atoms with Crippen molar-refractivity contribution in [3.8, 4) is 11.5 Å². The van der Waals surface area contributed by atoms with Crippen LogP contribution in [0, 0.1) is 6.92 Å². The number of nitrogen functional groups attached to an aromatic ring is 1. The van der Waals surface area contributed by atoms with Gasteiger partial charge in [0.2, 0.25) is 0 Å². The van der Waals surface area contributed by atoms with Gasteiger partial charge in [0.25, 0.3) is 0 Å². The molecule has 0 aliphatic heterocycles. The third-order valence-corrected chi connectivity index (χ3v) is 2.92. The van der Waals surface area contributed by atoms with Crippen LogP contribution in [-0.4, -0.2) is 13.2 Å². The van der Waals surface area contributed by atoms with Gasteiger partial charge in [-0.2, -0.15) is 0 Å². The first-order valence-electron chi connectivity index (χ1n) is 6.02. The molecule has 3 nitrogen and oxygen atoms in total. The molecule has 4 heteroatoms. The number of aryl methyl sites for hydroxylation is 1. The Labute approximate surface area is 117 Å². The summed E-state index contributed by atoms with van der Waals surface area (Å²) in [5.74, 6) is 1.54. The second-order valence-electron chi connectivity index (χ2n) is 4.20. The van der Waals surface area contributed by atoms with Gasteiger partial charge in [-0.3, -0.25) is 0 Å². The topological polar surface area (TPSA) is 44.5 Å². The van der Waals surface area contributed by atoms with Crippen LogP contribution in [0.15, 0.2) is 42.5 Å². The third kappa shape index (κ3) is 4.07. The number of hydrogen-bond donors (Lipinski definition) is 1. The Bertz CT molecular complexity index is 558. The van der Waals surface area contributed by atoms with E-state index in [0.29, 0.717) is 29.7 Å². The van der Waals surface area contributed by atoms with E-state index in [0.717, 1.165) is 5.75 Å². The van der Waals surface area contributed by atoms with E-state index in [2.05, 4.69) is 0 Å². The van der Waals surface area contributed by atoms with Crippen LogP contribution in [-0.2, 0) is 0 Å². The first-order chi connectivity index (χ1) is 9.15. The molecule has 2 aromatic carbocycles. The number of hydrogen-bond acceptors (Lipinski definition) is 3. The summed E-state index contributed by atoms with van der Waals surface area (Å²) in [7, 11) is 0. The minimum Gasteiger partial charge on any atom is -0.490 e. The van der Waals surface area contributed by atoms with Gasteiger partial charge in [0.15, 0.2) is 0 Å². The largest absolute Gasteiger partial charge is 0.490 e. The summed E-state index contributed by atoms with van der Waals surface area (Å²) in [6, 6.07) is 13.1. The molecule has 2 rings (SSSR count). The minimum atomic E-state index is 0.453. The fourth-order valence-electron chi connectivity index (χ4n) is 1.64. The average Bonchev–Trinajstić information content (AvgIpc) is 2.39. The first-order valence-corrected chi connectivity index (χ1v) is 6.40.